The first-order valence-corrected chi connectivity index (χ1v) is 8.41. The molecule has 0 aromatic heterocycles. The molecule has 0 saturated carbocycles. The Kier molecular flexibility index (Phi) is 2.60. The highest BCUT2D eigenvalue weighted by atomic mass is 15.0. The lowest BCUT2D eigenvalue weighted by molar-refractivity contribution is 0.445. The van der Waals surface area contributed by atoms with Crippen molar-refractivity contribution in [2.75, 3.05) is 6.54 Å². The van der Waals surface area contributed by atoms with Gasteiger partial charge in [-0.05, 0) is 39.9 Å². The van der Waals surface area contributed by atoms with Crippen molar-refractivity contribution in [1.29, 1.82) is 0 Å². The fourth-order valence-electron chi connectivity index (χ4n) is 4.76. The van der Waals surface area contributed by atoms with Crippen LogP contribution in [0.15, 0.2) is 72.8 Å². The topological polar surface area (TPSA) is 12.0 Å². The minimum atomic E-state index is -0.215. The molecule has 1 heteroatoms. The summed E-state index contributed by atoms with van der Waals surface area (Å²) in [5, 5.41) is 3.85. The number of rotatable bonds is 2. The van der Waals surface area contributed by atoms with Gasteiger partial charge in [-0.2, -0.15) is 0 Å². The third-order valence-corrected chi connectivity index (χ3v) is 5.47. The first kappa shape index (κ1) is 13.1. The Balaban J connectivity index is 1.97. The minimum Gasteiger partial charge on any atom is -0.300 e. The van der Waals surface area contributed by atoms with Gasteiger partial charge in [-0.3, -0.25) is 0 Å². The van der Waals surface area contributed by atoms with Crippen LogP contribution in [0.1, 0.15) is 46.2 Å². The highest BCUT2D eigenvalue weighted by Gasteiger charge is 2.50. The van der Waals surface area contributed by atoms with E-state index in [0.717, 1.165) is 6.54 Å². The molecule has 6 rings (SSSR count). The summed E-state index contributed by atoms with van der Waals surface area (Å²) in [6.07, 6.45) is 0. The molecule has 23 heavy (non-hydrogen) atoms. The summed E-state index contributed by atoms with van der Waals surface area (Å²) < 4.78 is 0. The minimum absolute atomic E-state index is 0.215. The highest BCUT2D eigenvalue weighted by molar-refractivity contribution is 5.71. The maximum Gasteiger partial charge on any atom is 0.0956 e. The largest absolute Gasteiger partial charge is 0.300 e. The van der Waals surface area contributed by atoms with E-state index in [1.54, 1.807) is 0 Å². The molecule has 0 atom stereocenters. The lowest BCUT2D eigenvalue weighted by Gasteiger charge is -2.51. The van der Waals surface area contributed by atoms with Gasteiger partial charge in [-0.25, -0.2) is 0 Å². The molecular weight excluding hydrogens is 278 g/mol. The van der Waals surface area contributed by atoms with Gasteiger partial charge in [0.05, 0.1) is 5.54 Å². The van der Waals surface area contributed by atoms with E-state index < -0.39 is 0 Å². The van der Waals surface area contributed by atoms with Crippen molar-refractivity contribution in [3.63, 3.8) is 0 Å². The van der Waals surface area contributed by atoms with Crippen molar-refractivity contribution in [1.82, 2.24) is 5.32 Å². The molecule has 3 aromatic rings. The molecule has 0 spiro atoms. The lowest BCUT2D eigenvalue weighted by Crippen LogP contribution is -2.52. The fraction of sp³-hybridized carbons (Fsp3) is 0.182. The predicted molar refractivity (Wildman–Crippen MR) is 93.8 cm³/mol. The van der Waals surface area contributed by atoms with Crippen molar-refractivity contribution in [3.8, 4) is 0 Å². The van der Waals surface area contributed by atoms with Crippen molar-refractivity contribution in [3.05, 3.63) is 106 Å². The zero-order valence-electron chi connectivity index (χ0n) is 13.2. The van der Waals surface area contributed by atoms with Crippen LogP contribution in [0.3, 0.4) is 0 Å². The van der Waals surface area contributed by atoms with Crippen LogP contribution < -0.4 is 5.32 Å². The van der Waals surface area contributed by atoms with Crippen LogP contribution in [0.4, 0.5) is 0 Å². The second-order valence-electron chi connectivity index (χ2n) is 6.48. The Labute approximate surface area is 137 Å². The summed E-state index contributed by atoms with van der Waals surface area (Å²) in [6.45, 7) is 3.13. The summed E-state index contributed by atoms with van der Waals surface area (Å²) in [5.74, 6) is 0.360. The molecule has 3 aliphatic carbocycles. The average molecular weight is 297 g/mol. The second kappa shape index (κ2) is 4.56. The molecule has 0 amide bonds. The van der Waals surface area contributed by atoms with Gasteiger partial charge in [0.25, 0.3) is 0 Å². The number of benzene rings is 3. The Morgan fingerprint density at radius 2 is 1.09 bits per heavy atom. The Hall–Kier alpha value is -2.38. The van der Waals surface area contributed by atoms with E-state index in [0.29, 0.717) is 5.92 Å². The van der Waals surface area contributed by atoms with Gasteiger partial charge in [0.1, 0.15) is 0 Å². The standard InChI is InChI=1S/C22H19N/c1-2-23-22-18-12-6-3-9-15(18)21(16-10-4-7-13-19(16)22)17-11-5-8-14-20(17)22/h3-14,21,23H,2H2,1H3. The molecule has 0 heterocycles. The highest BCUT2D eigenvalue weighted by Crippen LogP contribution is 2.57. The summed E-state index contributed by atoms with van der Waals surface area (Å²) in [6, 6.07) is 26.8. The van der Waals surface area contributed by atoms with Gasteiger partial charge >= 0.3 is 0 Å². The SMILES string of the molecule is CCNC12c3ccccc3C(c3ccccc31)c1ccccc12. The monoisotopic (exact) mass is 297 g/mol. The van der Waals surface area contributed by atoms with Crippen molar-refractivity contribution in [2.24, 2.45) is 0 Å². The lowest BCUT2D eigenvalue weighted by atomic mass is 9.57. The van der Waals surface area contributed by atoms with Crippen LogP contribution in [0.5, 0.6) is 0 Å². The number of hydrogen-bond acceptors (Lipinski definition) is 1. The predicted octanol–water partition coefficient (Wildman–Crippen LogP) is 4.40. The molecule has 0 radical (unpaired) electrons. The Bertz CT molecular complexity index is 793. The molecule has 0 unspecified atom stereocenters. The third-order valence-electron chi connectivity index (χ3n) is 5.47. The molecule has 1 nitrogen and oxygen atoms in total. The van der Waals surface area contributed by atoms with E-state index >= 15 is 0 Å². The van der Waals surface area contributed by atoms with Gasteiger partial charge in [-0.1, -0.05) is 79.7 Å². The first-order chi connectivity index (χ1) is 11.4. The number of hydrogen-bond donors (Lipinski definition) is 1. The molecule has 3 aliphatic rings. The Morgan fingerprint density at radius 3 is 1.48 bits per heavy atom. The smallest absolute Gasteiger partial charge is 0.0956 e. The maximum atomic E-state index is 3.85. The van der Waals surface area contributed by atoms with Gasteiger partial charge in [0.2, 0.25) is 0 Å². The molecule has 2 bridgehead atoms. The zero-order valence-corrected chi connectivity index (χ0v) is 13.2. The summed E-state index contributed by atoms with van der Waals surface area (Å²) in [4.78, 5) is 0. The molecule has 112 valence electrons. The van der Waals surface area contributed by atoms with E-state index in [1.165, 1.54) is 33.4 Å². The first-order valence-electron chi connectivity index (χ1n) is 8.41. The fourth-order valence-corrected chi connectivity index (χ4v) is 4.76. The second-order valence-corrected chi connectivity index (χ2v) is 6.48. The van der Waals surface area contributed by atoms with Crippen LogP contribution in [0.25, 0.3) is 0 Å². The average Bonchev–Trinajstić information content (AvgIpc) is 2.62. The van der Waals surface area contributed by atoms with E-state index in [2.05, 4.69) is 85.0 Å². The van der Waals surface area contributed by atoms with Crippen LogP contribution in [-0.2, 0) is 5.54 Å². The van der Waals surface area contributed by atoms with E-state index in [9.17, 15) is 0 Å². The van der Waals surface area contributed by atoms with Crippen molar-refractivity contribution < 1.29 is 0 Å². The van der Waals surface area contributed by atoms with Crippen LogP contribution in [0.2, 0.25) is 0 Å². The molecule has 0 fully saturated rings. The van der Waals surface area contributed by atoms with Crippen LogP contribution >= 0.6 is 0 Å². The van der Waals surface area contributed by atoms with E-state index in [-0.39, 0.29) is 5.54 Å². The number of nitrogens with one attached hydrogen (secondary N) is 1. The van der Waals surface area contributed by atoms with E-state index in [1.807, 2.05) is 0 Å². The molecule has 1 N–H and O–H groups in total. The molecule has 3 aromatic carbocycles. The van der Waals surface area contributed by atoms with Gasteiger partial charge in [-0.15, -0.1) is 0 Å². The Morgan fingerprint density at radius 1 is 0.696 bits per heavy atom. The molecular formula is C22H19N. The van der Waals surface area contributed by atoms with Crippen LogP contribution in [0, 0.1) is 0 Å². The molecule has 0 aliphatic heterocycles. The third kappa shape index (κ3) is 1.46. The van der Waals surface area contributed by atoms with Gasteiger partial charge in [0.15, 0.2) is 0 Å². The van der Waals surface area contributed by atoms with Crippen molar-refractivity contribution in [2.45, 2.75) is 18.4 Å². The molecule has 0 saturated heterocycles. The van der Waals surface area contributed by atoms with Crippen LogP contribution in [-0.4, -0.2) is 6.54 Å². The van der Waals surface area contributed by atoms with Gasteiger partial charge in [0, 0.05) is 5.92 Å². The summed E-state index contributed by atoms with van der Waals surface area (Å²) in [5.41, 5.74) is 8.40. The maximum absolute atomic E-state index is 3.85. The normalized spacial score (nSPS) is 23.1. The van der Waals surface area contributed by atoms with E-state index in [4.69, 9.17) is 0 Å². The summed E-state index contributed by atoms with van der Waals surface area (Å²) in [7, 11) is 0. The zero-order chi connectivity index (χ0) is 15.4. The quantitative estimate of drug-likeness (QED) is 0.739. The van der Waals surface area contributed by atoms with Gasteiger partial charge < -0.3 is 5.32 Å². The van der Waals surface area contributed by atoms with Crippen molar-refractivity contribution >= 4 is 0 Å². The summed E-state index contributed by atoms with van der Waals surface area (Å²) >= 11 is 0.